The Kier molecular flexibility index (Phi) is 4.66. The van der Waals surface area contributed by atoms with E-state index in [0.29, 0.717) is 8.95 Å². The van der Waals surface area contributed by atoms with E-state index in [2.05, 4.69) is 31.9 Å². The molecule has 0 aromatic heterocycles. The summed E-state index contributed by atoms with van der Waals surface area (Å²) in [6, 6.07) is 11.5. The average Bonchev–Trinajstić information content (AvgIpc) is 2.42. The molecule has 0 atom stereocenters. The molecule has 0 saturated heterocycles. The third kappa shape index (κ3) is 3.61. The highest BCUT2D eigenvalue weighted by Crippen LogP contribution is 2.33. The molecule has 2 nitrogen and oxygen atoms in total. The molecule has 0 fully saturated rings. The Labute approximate surface area is 129 Å². The van der Waals surface area contributed by atoms with Crippen molar-refractivity contribution in [2.24, 2.45) is 0 Å². The van der Waals surface area contributed by atoms with E-state index in [-0.39, 0.29) is 5.75 Å². The van der Waals surface area contributed by atoms with Gasteiger partial charge in [-0.05, 0) is 67.3 Å². The van der Waals surface area contributed by atoms with E-state index < -0.39 is 0 Å². The minimum atomic E-state index is 0.207. The molecule has 0 aliphatic carbocycles. The molecular weight excluding hydrogens is 372 g/mol. The standard InChI is InChI=1S/C15H12Br2O2/c1-19-12-4-2-3-10(7-12)5-6-11-8-13(16)15(18)14(17)9-11/h2-9,18H,1H3/b6-5+. The van der Waals surface area contributed by atoms with Crippen molar-refractivity contribution in [3.63, 3.8) is 0 Å². The summed E-state index contributed by atoms with van der Waals surface area (Å²) in [4.78, 5) is 0. The first-order valence-corrected chi connectivity index (χ1v) is 7.19. The van der Waals surface area contributed by atoms with Crippen molar-refractivity contribution in [2.75, 3.05) is 7.11 Å². The fourth-order valence-corrected chi connectivity index (χ4v) is 2.84. The third-order valence-electron chi connectivity index (χ3n) is 2.60. The molecule has 0 aliphatic heterocycles. The van der Waals surface area contributed by atoms with Crippen LogP contribution in [0.2, 0.25) is 0 Å². The summed E-state index contributed by atoms with van der Waals surface area (Å²) in [6.45, 7) is 0. The van der Waals surface area contributed by atoms with Gasteiger partial charge < -0.3 is 9.84 Å². The number of phenols is 1. The summed E-state index contributed by atoms with van der Waals surface area (Å²) < 4.78 is 6.50. The summed E-state index contributed by atoms with van der Waals surface area (Å²) >= 11 is 6.62. The molecule has 0 heterocycles. The van der Waals surface area contributed by atoms with Gasteiger partial charge in [0, 0.05) is 0 Å². The van der Waals surface area contributed by atoms with Crippen LogP contribution in [0.25, 0.3) is 12.2 Å². The van der Waals surface area contributed by atoms with E-state index in [1.54, 1.807) is 7.11 Å². The van der Waals surface area contributed by atoms with Crippen LogP contribution in [0.15, 0.2) is 45.3 Å². The molecule has 0 unspecified atom stereocenters. The number of rotatable bonds is 3. The van der Waals surface area contributed by atoms with Gasteiger partial charge in [0.25, 0.3) is 0 Å². The monoisotopic (exact) mass is 382 g/mol. The van der Waals surface area contributed by atoms with E-state index >= 15 is 0 Å². The average molecular weight is 384 g/mol. The van der Waals surface area contributed by atoms with Crippen molar-refractivity contribution in [3.05, 3.63) is 56.5 Å². The van der Waals surface area contributed by atoms with Gasteiger partial charge in [0.05, 0.1) is 16.1 Å². The smallest absolute Gasteiger partial charge is 0.143 e. The van der Waals surface area contributed by atoms with Crippen molar-refractivity contribution < 1.29 is 9.84 Å². The van der Waals surface area contributed by atoms with Gasteiger partial charge in [-0.3, -0.25) is 0 Å². The number of hydrogen-bond acceptors (Lipinski definition) is 2. The number of halogens is 2. The van der Waals surface area contributed by atoms with Gasteiger partial charge >= 0.3 is 0 Å². The topological polar surface area (TPSA) is 29.5 Å². The molecule has 4 heteroatoms. The quantitative estimate of drug-likeness (QED) is 0.747. The number of hydrogen-bond donors (Lipinski definition) is 1. The molecule has 0 saturated carbocycles. The number of aromatic hydroxyl groups is 1. The minimum Gasteiger partial charge on any atom is -0.506 e. The molecule has 2 aromatic carbocycles. The fraction of sp³-hybridized carbons (Fsp3) is 0.0667. The number of phenolic OH excluding ortho intramolecular Hbond substituents is 1. The lowest BCUT2D eigenvalue weighted by molar-refractivity contribution is 0.414. The van der Waals surface area contributed by atoms with Crippen molar-refractivity contribution in [1.82, 2.24) is 0 Å². The summed E-state index contributed by atoms with van der Waals surface area (Å²) in [6.07, 6.45) is 3.97. The van der Waals surface area contributed by atoms with Gasteiger partial charge in [0.1, 0.15) is 11.5 Å². The summed E-state index contributed by atoms with van der Waals surface area (Å²) in [5.74, 6) is 1.04. The van der Waals surface area contributed by atoms with Crippen LogP contribution >= 0.6 is 31.9 Å². The minimum absolute atomic E-state index is 0.207. The predicted octanol–water partition coefficient (Wildman–Crippen LogP) is 5.10. The first-order valence-electron chi connectivity index (χ1n) is 5.60. The molecule has 2 rings (SSSR count). The lowest BCUT2D eigenvalue weighted by Crippen LogP contribution is -1.82. The molecule has 2 aromatic rings. The molecular formula is C15H12Br2O2. The Morgan fingerprint density at radius 3 is 2.26 bits per heavy atom. The maximum absolute atomic E-state index is 9.65. The zero-order valence-corrected chi connectivity index (χ0v) is 13.4. The highest BCUT2D eigenvalue weighted by Gasteiger charge is 2.03. The van der Waals surface area contributed by atoms with Gasteiger partial charge in [-0.15, -0.1) is 0 Å². The second-order valence-corrected chi connectivity index (χ2v) is 5.65. The number of benzene rings is 2. The lowest BCUT2D eigenvalue weighted by Gasteiger charge is -2.03. The SMILES string of the molecule is COc1cccc(/C=C/c2cc(Br)c(O)c(Br)c2)c1. The largest absolute Gasteiger partial charge is 0.506 e. The first kappa shape index (κ1) is 14.2. The highest BCUT2D eigenvalue weighted by molar-refractivity contribution is 9.11. The zero-order valence-electron chi connectivity index (χ0n) is 10.2. The molecule has 0 amide bonds. The van der Waals surface area contributed by atoms with Crippen LogP contribution in [0.1, 0.15) is 11.1 Å². The van der Waals surface area contributed by atoms with Gasteiger partial charge in [-0.2, -0.15) is 0 Å². The van der Waals surface area contributed by atoms with Crippen LogP contribution in [0.4, 0.5) is 0 Å². The fourth-order valence-electron chi connectivity index (χ4n) is 1.62. The maximum atomic E-state index is 9.65. The Morgan fingerprint density at radius 1 is 1.00 bits per heavy atom. The molecule has 0 spiro atoms. The predicted molar refractivity (Wildman–Crippen MR) is 85.4 cm³/mol. The normalized spacial score (nSPS) is 10.9. The molecule has 98 valence electrons. The molecule has 0 radical (unpaired) electrons. The van der Waals surface area contributed by atoms with Crippen LogP contribution in [-0.2, 0) is 0 Å². The van der Waals surface area contributed by atoms with Crippen LogP contribution < -0.4 is 4.74 Å². The summed E-state index contributed by atoms with van der Waals surface area (Å²) in [5, 5.41) is 9.65. The van der Waals surface area contributed by atoms with E-state index in [4.69, 9.17) is 4.74 Å². The van der Waals surface area contributed by atoms with Gasteiger partial charge in [-0.25, -0.2) is 0 Å². The Morgan fingerprint density at radius 2 is 1.63 bits per heavy atom. The molecule has 19 heavy (non-hydrogen) atoms. The molecule has 0 bridgehead atoms. The van der Waals surface area contributed by atoms with Crippen LogP contribution in [0.5, 0.6) is 11.5 Å². The zero-order chi connectivity index (χ0) is 13.8. The van der Waals surface area contributed by atoms with Crippen LogP contribution in [0, 0.1) is 0 Å². The van der Waals surface area contributed by atoms with Gasteiger partial charge in [0.15, 0.2) is 0 Å². The first-order chi connectivity index (χ1) is 9.10. The van der Waals surface area contributed by atoms with Crippen molar-refractivity contribution in [3.8, 4) is 11.5 Å². The number of ether oxygens (including phenoxy) is 1. The molecule has 0 aliphatic rings. The van der Waals surface area contributed by atoms with E-state index in [9.17, 15) is 5.11 Å². The highest BCUT2D eigenvalue weighted by atomic mass is 79.9. The third-order valence-corrected chi connectivity index (χ3v) is 3.81. The van der Waals surface area contributed by atoms with Crippen molar-refractivity contribution >= 4 is 44.0 Å². The van der Waals surface area contributed by atoms with Crippen LogP contribution in [-0.4, -0.2) is 12.2 Å². The van der Waals surface area contributed by atoms with Crippen LogP contribution in [0.3, 0.4) is 0 Å². The van der Waals surface area contributed by atoms with Crippen molar-refractivity contribution in [1.29, 1.82) is 0 Å². The summed E-state index contributed by atoms with van der Waals surface area (Å²) in [7, 11) is 1.65. The van der Waals surface area contributed by atoms with Gasteiger partial charge in [-0.1, -0.05) is 24.3 Å². The van der Waals surface area contributed by atoms with E-state index in [0.717, 1.165) is 16.9 Å². The summed E-state index contributed by atoms with van der Waals surface area (Å²) in [5.41, 5.74) is 2.04. The second-order valence-electron chi connectivity index (χ2n) is 3.94. The Hall–Kier alpha value is -1.26. The Bertz CT molecular complexity index is 598. The van der Waals surface area contributed by atoms with E-state index in [1.807, 2.05) is 48.6 Å². The maximum Gasteiger partial charge on any atom is 0.143 e. The van der Waals surface area contributed by atoms with Crippen molar-refractivity contribution in [2.45, 2.75) is 0 Å². The lowest BCUT2D eigenvalue weighted by atomic mass is 10.1. The van der Waals surface area contributed by atoms with Gasteiger partial charge in [0.2, 0.25) is 0 Å². The molecule has 1 N–H and O–H groups in total. The Balaban J connectivity index is 2.27. The van der Waals surface area contributed by atoms with E-state index in [1.165, 1.54) is 0 Å². The number of methoxy groups -OCH3 is 1. The second kappa shape index (κ2) is 6.26.